The van der Waals surface area contributed by atoms with E-state index in [9.17, 15) is 0 Å². The number of hydrogen-bond acceptors (Lipinski definition) is 6. The third kappa shape index (κ3) is 3.28. The van der Waals surface area contributed by atoms with Gasteiger partial charge in [-0.3, -0.25) is 4.98 Å². The van der Waals surface area contributed by atoms with Gasteiger partial charge in [-0.1, -0.05) is 6.42 Å². The van der Waals surface area contributed by atoms with Gasteiger partial charge in [-0.25, -0.2) is 15.0 Å². The van der Waals surface area contributed by atoms with Gasteiger partial charge in [0.05, 0.1) is 11.7 Å². The minimum Gasteiger partial charge on any atom is -0.353 e. The van der Waals surface area contributed by atoms with Gasteiger partial charge in [0.15, 0.2) is 5.82 Å². The molecule has 3 unspecified atom stereocenters. The Balaban J connectivity index is 1.29. The minimum absolute atomic E-state index is 0.601. The van der Waals surface area contributed by atoms with Crippen LogP contribution in [-0.4, -0.2) is 51.1 Å². The van der Waals surface area contributed by atoms with Crippen LogP contribution < -0.4 is 10.2 Å². The van der Waals surface area contributed by atoms with Crippen molar-refractivity contribution in [3.05, 3.63) is 42.0 Å². The molecule has 2 N–H and O–H groups in total. The van der Waals surface area contributed by atoms with Crippen LogP contribution in [0.5, 0.6) is 0 Å². The maximum Gasteiger partial charge on any atom is 0.163 e. The van der Waals surface area contributed by atoms with Crippen LogP contribution in [0.25, 0.3) is 33.3 Å². The molecule has 7 heteroatoms. The van der Waals surface area contributed by atoms with Crippen LogP contribution in [0.4, 0.5) is 5.82 Å². The van der Waals surface area contributed by atoms with Crippen molar-refractivity contribution in [2.75, 3.05) is 31.1 Å². The molecular formula is C28H31N7. The summed E-state index contributed by atoms with van der Waals surface area (Å²) in [7, 11) is 0. The van der Waals surface area contributed by atoms with E-state index in [0.717, 1.165) is 71.8 Å². The van der Waals surface area contributed by atoms with Gasteiger partial charge in [0.2, 0.25) is 0 Å². The molecule has 7 nitrogen and oxygen atoms in total. The van der Waals surface area contributed by atoms with Crippen molar-refractivity contribution in [3.8, 4) is 11.4 Å². The number of nitrogens with one attached hydrogen (secondary N) is 2. The fraction of sp³-hybridized carbons (Fsp3) is 0.500. The van der Waals surface area contributed by atoms with Crippen molar-refractivity contribution in [2.45, 2.75) is 50.4 Å². The van der Waals surface area contributed by atoms with Crippen molar-refractivity contribution in [2.24, 2.45) is 11.8 Å². The average Bonchev–Trinajstić information content (AvgIpc) is 3.31. The van der Waals surface area contributed by atoms with Crippen LogP contribution in [0, 0.1) is 11.8 Å². The molecule has 8 rings (SSSR count). The Hall–Kier alpha value is -3.06. The van der Waals surface area contributed by atoms with Crippen molar-refractivity contribution >= 4 is 27.8 Å². The maximum atomic E-state index is 5.28. The Labute approximate surface area is 204 Å². The summed E-state index contributed by atoms with van der Waals surface area (Å²) in [5.74, 6) is 4.86. The molecule has 3 atom stereocenters. The predicted molar refractivity (Wildman–Crippen MR) is 138 cm³/mol. The Bertz CT molecular complexity index is 1430. The molecule has 3 aliphatic carbocycles. The molecule has 4 aromatic heterocycles. The molecular weight excluding hydrogens is 434 g/mol. The standard InChI is InChI=1S/C28H31N7/c1-2-18-11-16(1)12-20(18)23-13-21-19(5-6-31-26(21)32-23)27-33-24-15-30-14-22(17-3-4-17)25(24)28(34-27)35-9-7-29-8-10-35/h5-6,13-18,20,29H,1-4,7-12H2,(H,31,32). The quantitative estimate of drug-likeness (QED) is 0.452. The number of aromatic nitrogens is 5. The van der Waals surface area contributed by atoms with E-state index >= 15 is 0 Å². The van der Waals surface area contributed by atoms with Crippen molar-refractivity contribution in [1.82, 2.24) is 30.2 Å². The van der Waals surface area contributed by atoms with Crippen LogP contribution in [0.3, 0.4) is 0 Å². The number of aromatic amines is 1. The van der Waals surface area contributed by atoms with E-state index in [4.69, 9.17) is 15.0 Å². The highest BCUT2D eigenvalue weighted by molar-refractivity contribution is 5.97. The third-order valence-electron chi connectivity index (χ3n) is 8.98. The SMILES string of the molecule is c1cc(-c2nc(N3CCNCC3)c3c(C4CC4)cncc3n2)c2cc(C3CC4CCC3C4)[nH]c2n1. The lowest BCUT2D eigenvalue weighted by molar-refractivity contribution is 0.414. The minimum atomic E-state index is 0.601. The zero-order valence-corrected chi connectivity index (χ0v) is 20.0. The highest BCUT2D eigenvalue weighted by Gasteiger charge is 2.41. The molecule has 3 saturated carbocycles. The van der Waals surface area contributed by atoms with E-state index in [0.29, 0.717) is 11.8 Å². The van der Waals surface area contributed by atoms with Crippen molar-refractivity contribution < 1.29 is 0 Å². The van der Waals surface area contributed by atoms with Gasteiger partial charge in [0.25, 0.3) is 0 Å². The lowest BCUT2D eigenvalue weighted by Crippen LogP contribution is -2.44. The summed E-state index contributed by atoms with van der Waals surface area (Å²) in [5, 5.41) is 5.83. The van der Waals surface area contributed by atoms with Crippen molar-refractivity contribution in [1.29, 1.82) is 0 Å². The zero-order valence-electron chi connectivity index (χ0n) is 20.0. The van der Waals surface area contributed by atoms with Gasteiger partial charge >= 0.3 is 0 Å². The Morgan fingerprint density at radius 2 is 1.89 bits per heavy atom. The van der Waals surface area contributed by atoms with E-state index in [1.54, 1.807) is 0 Å². The molecule has 0 amide bonds. The fourth-order valence-electron chi connectivity index (χ4n) is 7.09. The smallest absolute Gasteiger partial charge is 0.163 e. The second-order valence-corrected chi connectivity index (χ2v) is 11.1. The monoisotopic (exact) mass is 465 g/mol. The molecule has 1 saturated heterocycles. The Kier molecular flexibility index (Phi) is 4.45. The summed E-state index contributed by atoms with van der Waals surface area (Å²) in [5.41, 5.74) is 5.66. The number of anilines is 1. The first kappa shape index (κ1) is 20.2. The summed E-state index contributed by atoms with van der Waals surface area (Å²) in [4.78, 5) is 25.8. The second kappa shape index (κ2) is 7.72. The molecule has 35 heavy (non-hydrogen) atoms. The molecule has 0 aromatic carbocycles. The molecule has 0 spiro atoms. The number of fused-ring (bicyclic) bond motifs is 4. The molecule has 5 heterocycles. The van der Waals surface area contributed by atoms with Gasteiger partial charge in [-0.2, -0.15) is 0 Å². The van der Waals surface area contributed by atoms with E-state index < -0.39 is 0 Å². The molecule has 2 bridgehead atoms. The molecule has 4 aliphatic rings. The van der Waals surface area contributed by atoms with Crippen LogP contribution >= 0.6 is 0 Å². The van der Waals surface area contributed by atoms with E-state index in [1.807, 2.05) is 18.6 Å². The number of nitrogens with zero attached hydrogens (tertiary/aromatic N) is 5. The maximum absolute atomic E-state index is 5.28. The number of pyridine rings is 2. The highest BCUT2D eigenvalue weighted by Crippen LogP contribution is 2.53. The van der Waals surface area contributed by atoms with E-state index in [-0.39, 0.29) is 0 Å². The zero-order chi connectivity index (χ0) is 22.9. The molecule has 0 radical (unpaired) electrons. The predicted octanol–water partition coefficient (Wildman–Crippen LogP) is 4.76. The number of hydrogen-bond donors (Lipinski definition) is 2. The van der Waals surface area contributed by atoms with Crippen LogP contribution in [0.1, 0.15) is 61.6 Å². The van der Waals surface area contributed by atoms with E-state index in [2.05, 4.69) is 32.3 Å². The molecule has 4 aromatic rings. The van der Waals surface area contributed by atoms with E-state index in [1.165, 1.54) is 55.2 Å². The summed E-state index contributed by atoms with van der Waals surface area (Å²) in [6.45, 7) is 3.88. The van der Waals surface area contributed by atoms with Crippen molar-refractivity contribution in [3.63, 3.8) is 0 Å². The first-order valence-corrected chi connectivity index (χ1v) is 13.4. The van der Waals surface area contributed by atoms with Gasteiger partial charge in [0, 0.05) is 66.5 Å². The lowest BCUT2D eigenvalue weighted by atomic mass is 9.86. The summed E-state index contributed by atoms with van der Waals surface area (Å²) < 4.78 is 0. The number of piperazine rings is 1. The van der Waals surface area contributed by atoms with Gasteiger partial charge in [-0.05, 0) is 67.6 Å². The van der Waals surface area contributed by atoms with Crippen LogP contribution in [-0.2, 0) is 0 Å². The summed E-state index contributed by atoms with van der Waals surface area (Å²) in [6.07, 6.45) is 13.9. The molecule has 4 fully saturated rings. The van der Waals surface area contributed by atoms with Crippen LogP contribution in [0.2, 0.25) is 0 Å². The fourth-order valence-corrected chi connectivity index (χ4v) is 7.09. The van der Waals surface area contributed by atoms with Gasteiger partial charge < -0.3 is 15.2 Å². The summed E-state index contributed by atoms with van der Waals surface area (Å²) in [6, 6.07) is 4.43. The topological polar surface area (TPSA) is 82.6 Å². The van der Waals surface area contributed by atoms with Gasteiger partial charge in [0.1, 0.15) is 11.5 Å². The molecule has 178 valence electrons. The third-order valence-corrected chi connectivity index (χ3v) is 8.98. The van der Waals surface area contributed by atoms with Gasteiger partial charge in [-0.15, -0.1) is 0 Å². The molecule has 1 aliphatic heterocycles. The first-order chi connectivity index (χ1) is 17.3. The highest BCUT2D eigenvalue weighted by atomic mass is 15.2. The normalized spacial score (nSPS) is 26.3. The lowest BCUT2D eigenvalue weighted by Gasteiger charge is -2.30. The Morgan fingerprint density at radius 1 is 0.971 bits per heavy atom. The summed E-state index contributed by atoms with van der Waals surface area (Å²) >= 11 is 0. The first-order valence-electron chi connectivity index (χ1n) is 13.4. The Morgan fingerprint density at radius 3 is 2.69 bits per heavy atom. The van der Waals surface area contributed by atoms with Crippen LogP contribution in [0.15, 0.2) is 30.7 Å². The number of rotatable bonds is 4. The number of H-pyrrole nitrogens is 1. The largest absolute Gasteiger partial charge is 0.353 e. The second-order valence-electron chi connectivity index (χ2n) is 11.1. The average molecular weight is 466 g/mol.